The van der Waals surface area contributed by atoms with Gasteiger partial charge in [0.25, 0.3) is 0 Å². The van der Waals surface area contributed by atoms with Gasteiger partial charge in [-0.1, -0.05) is 264 Å². The van der Waals surface area contributed by atoms with E-state index in [4.69, 9.17) is 14.6 Å². The van der Waals surface area contributed by atoms with E-state index in [-0.39, 0.29) is 11.9 Å². The Bertz CT molecular complexity index is 1320. The third kappa shape index (κ3) is 59.5. The molecule has 0 aromatic carbocycles. The number of aliphatic hydroxyl groups is 2. The molecular weight excluding hydrogens is 977 g/mol. The molecule has 78 heavy (non-hydrogen) atoms. The quantitative estimate of drug-likeness (QED) is 0.0223. The predicted octanol–water partition coefficient (Wildman–Crippen LogP) is 15.0. The van der Waals surface area contributed by atoms with E-state index in [1.54, 1.807) is 12.2 Å². The number of ether oxygens (including phenoxy) is 2. The van der Waals surface area contributed by atoms with Gasteiger partial charge < -0.3 is 40.3 Å². The van der Waals surface area contributed by atoms with Gasteiger partial charge in [-0.2, -0.15) is 0 Å². The molecule has 0 aliphatic heterocycles. The molecule has 0 saturated heterocycles. The number of aliphatic hydroxyl groups excluding tert-OH is 2. The van der Waals surface area contributed by atoms with Gasteiger partial charge in [-0.25, -0.2) is 14.4 Å². The van der Waals surface area contributed by atoms with Gasteiger partial charge in [0.2, 0.25) is 0 Å². The molecule has 2 unspecified atom stereocenters. The summed E-state index contributed by atoms with van der Waals surface area (Å²) in [5.74, 6) is -1.68. The average molecular weight is 1100 g/mol. The van der Waals surface area contributed by atoms with E-state index in [1.165, 1.54) is 230 Å². The second kappa shape index (κ2) is 62.0. The first kappa shape index (κ1) is 75.4. The molecule has 12 heteroatoms. The molecule has 5 N–H and O–H groups in total. The van der Waals surface area contributed by atoms with Gasteiger partial charge >= 0.3 is 17.9 Å². The summed E-state index contributed by atoms with van der Waals surface area (Å²) in [7, 11) is 0. The number of rotatable bonds is 63. The van der Waals surface area contributed by atoms with Crippen LogP contribution in [0.25, 0.3) is 0 Å². The Labute approximate surface area is 480 Å². The molecule has 458 valence electrons. The molecule has 0 saturated carbocycles. The molecule has 0 aromatic heterocycles. The van der Waals surface area contributed by atoms with E-state index in [0.29, 0.717) is 59.0 Å². The van der Waals surface area contributed by atoms with Crippen LogP contribution in [-0.2, 0) is 23.9 Å². The SMILES string of the molecule is CCCCCCCCCCCCCCCOC(=O)/C=C/CN(C/C=C/C(=O)OCCCCCCCCCCCCCCC)CC(O)CN(CCCCCCCCCCCCCC)CCCCNCC(O)CNC/C=C/C(=O)O. The van der Waals surface area contributed by atoms with Gasteiger partial charge in [-0.3, -0.25) is 4.90 Å². The van der Waals surface area contributed by atoms with Gasteiger partial charge in [0, 0.05) is 64.0 Å². The maximum Gasteiger partial charge on any atom is 0.330 e. The topological polar surface area (TPSA) is 161 Å². The van der Waals surface area contributed by atoms with Crippen LogP contribution in [0.2, 0.25) is 0 Å². The Balaban J connectivity index is 5.25. The van der Waals surface area contributed by atoms with Gasteiger partial charge in [0.05, 0.1) is 25.4 Å². The normalized spacial score (nSPS) is 12.8. The number of aliphatic carboxylic acids is 1. The van der Waals surface area contributed by atoms with Crippen molar-refractivity contribution in [2.24, 2.45) is 0 Å². The molecule has 0 aromatic rings. The summed E-state index contributed by atoms with van der Waals surface area (Å²) in [6, 6.07) is 0. The molecule has 0 aliphatic rings. The molecule has 0 amide bonds. The predicted molar refractivity (Wildman–Crippen MR) is 329 cm³/mol. The summed E-state index contributed by atoms with van der Waals surface area (Å²) in [6.07, 6.45) is 58.4. The summed E-state index contributed by atoms with van der Waals surface area (Å²) in [5, 5.41) is 37.1. The van der Waals surface area contributed by atoms with Crippen LogP contribution < -0.4 is 10.6 Å². The highest BCUT2D eigenvalue weighted by atomic mass is 16.5. The third-order valence-electron chi connectivity index (χ3n) is 14.8. The molecule has 0 radical (unpaired) electrons. The molecule has 0 fully saturated rings. The van der Waals surface area contributed by atoms with Crippen LogP contribution in [0.3, 0.4) is 0 Å². The van der Waals surface area contributed by atoms with Crippen molar-refractivity contribution in [2.75, 3.05) is 78.7 Å². The Hall–Kier alpha value is -2.61. The van der Waals surface area contributed by atoms with Crippen molar-refractivity contribution in [1.29, 1.82) is 0 Å². The zero-order chi connectivity index (χ0) is 56.9. The van der Waals surface area contributed by atoms with Crippen LogP contribution in [0, 0.1) is 0 Å². The van der Waals surface area contributed by atoms with Crippen LogP contribution in [0.4, 0.5) is 0 Å². The lowest BCUT2D eigenvalue weighted by molar-refractivity contribution is -0.138. The number of unbranched alkanes of at least 4 members (excludes halogenated alkanes) is 36. The van der Waals surface area contributed by atoms with E-state index in [0.717, 1.165) is 70.7 Å². The summed E-state index contributed by atoms with van der Waals surface area (Å²) in [6.45, 7) is 13.1. The van der Waals surface area contributed by atoms with Gasteiger partial charge in [-0.15, -0.1) is 0 Å². The number of carboxylic acids is 1. The Kier molecular flexibility index (Phi) is 59.9. The van der Waals surface area contributed by atoms with Gasteiger partial charge in [-0.05, 0) is 51.7 Å². The first-order chi connectivity index (χ1) is 38.2. The average Bonchev–Trinajstić information content (AvgIpc) is 3.41. The molecular formula is C66H126N4O8. The number of nitrogens with one attached hydrogen (secondary N) is 2. The minimum absolute atomic E-state index is 0.346. The van der Waals surface area contributed by atoms with Crippen LogP contribution in [-0.4, -0.2) is 134 Å². The fourth-order valence-electron chi connectivity index (χ4n) is 10.0. The second-order valence-electron chi connectivity index (χ2n) is 22.7. The van der Waals surface area contributed by atoms with Crippen LogP contribution >= 0.6 is 0 Å². The highest BCUT2D eigenvalue weighted by Gasteiger charge is 2.16. The minimum atomic E-state index is -0.987. The van der Waals surface area contributed by atoms with Crippen LogP contribution in [0.1, 0.15) is 278 Å². The van der Waals surface area contributed by atoms with Crippen molar-refractivity contribution in [3.05, 3.63) is 36.5 Å². The summed E-state index contributed by atoms with van der Waals surface area (Å²) in [5.41, 5.74) is 0. The maximum atomic E-state index is 12.7. The van der Waals surface area contributed by atoms with E-state index in [9.17, 15) is 24.6 Å². The number of carbonyl (C=O) groups is 3. The standard InChI is InChI=1S/C66H126N4O8/c1-4-7-10-13-16-19-22-25-28-31-34-37-42-56-77-65(75)48-45-54-70(55-46-49-66(76)78-57-43-38-35-32-29-26-23-20-17-14-11-8-5-2)61-63(72)60-69(52-40-36-33-30-27-24-21-18-15-12-9-6-3)53-41-39-50-67-58-62(71)59-68-51-44-47-64(73)74/h44-49,62-63,67-68,71-72H,4-43,50-61H2,1-3H3,(H,73,74)/b47-44+,48-45+,49-46+. The molecule has 0 heterocycles. The number of carboxylic acid groups (broad SMARTS) is 1. The summed E-state index contributed by atoms with van der Waals surface area (Å²) >= 11 is 0. The number of carbonyl (C=O) groups excluding carboxylic acids is 2. The van der Waals surface area contributed by atoms with Gasteiger partial charge in [0.15, 0.2) is 0 Å². The molecule has 0 rings (SSSR count). The first-order valence-corrected chi connectivity index (χ1v) is 33.0. The molecule has 12 nitrogen and oxygen atoms in total. The fourth-order valence-corrected chi connectivity index (χ4v) is 10.0. The first-order valence-electron chi connectivity index (χ1n) is 33.0. The number of esters is 2. The lowest BCUT2D eigenvalue weighted by atomic mass is 10.0. The van der Waals surface area contributed by atoms with E-state index in [2.05, 4.69) is 41.2 Å². The van der Waals surface area contributed by atoms with Crippen LogP contribution in [0.5, 0.6) is 0 Å². The summed E-state index contributed by atoms with van der Waals surface area (Å²) < 4.78 is 11.1. The maximum absolute atomic E-state index is 12.7. The van der Waals surface area contributed by atoms with E-state index in [1.807, 2.05) is 0 Å². The zero-order valence-electron chi connectivity index (χ0n) is 51.2. The van der Waals surface area contributed by atoms with Crippen molar-refractivity contribution >= 4 is 17.9 Å². The molecule has 2 atom stereocenters. The van der Waals surface area contributed by atoms with Crippen molar-refractivity contribution in [1.82, 2.24) is 20.4 Å². The lowest BCUT2D eigenvalue weighted by Crippen LogP contribution is -2.41. The smallest absolute Gasteiger partial charge is 0.330 e. The third-order valence-corrected chi connectivity index (χ3v) is 14.8. The van der Waals surface area contributed by atoms with Gasteiger partial charge in [0.1, 0.15) is 0 Å². The number of nitrogens with zero attached hydrogens (tertiary/aromatic N) is 2. The molecule has 0 bridgehead atoms. The highest BCUT2D eigenvalue weighted by molar-refractivity contribution is 5.82. The molecule has 0 spiro atoms. The number of hydrogen-bond acceptors (Lipinski definition) is 11. The Morgan fingerprint density at radius 2 is 0.731 bits per heavy atom. The lowest BCUT2D eigenvalue weighted by Gasteiger charge is -2.28. The highest BCUT2D eigenvalue weighted by Crippen LogP contribution is 2.16. The Morgan fingerprint density at radius 1 is 0.397 bits per heavy atom. The van der Waals surface area contributed by atoms with Crippen molar-refractivity contribution in [3.63, 3.8) is 0 Å². The molecule has 0 aliphatic carbocycles. The fraction of sp³-hybridized carbons (Fsp3) is 0.864. The van der Waals surface area contributed by atoms with Crippen molar-refractivity contribution in [3.8, 4) is 0 Å². The summed E-state index contributed by atoms with van der Waals surface area (Å²) in [4.78, 5) is 40.6. The van der Waals surface area contributed by atoms with Crippen LogP contribution in [0.15, 0.2) is 36.5 Å². The zero-order valence-corrected chi connectivity index (χ0v) is 51.2. The second-order valence-corrected chi connectivity index (χ2v) is 22.7. The Morgan fingerprint density at radius 3 is 1.12 bits per heavy atom. The van der Waals surface area contributed by atoms with Crippen molar-refractivity contribution < 1.29 is 39.2 Å². The number of hydrogen-bond donors (Lipinski definition) is 5. The minimum Gasteiger partial charge on any atom is -0.478 e. The largest absolute Gasteiger partial charge is 0.478 e. The monoisotopic (exact) mass is 1100 g/mol. The van der Waals surface area contributed by atoms with E-state index < -0.39 is 18.2 Å². The van der Waals surface area contributed by atoms with Crippen molar-refractivity contribution in [2.45, 2.75) is 290 Å². The van der Waals surface area contributed by atoms with E-state index >= 15 is 0 Å².